The maximum absolute atomic E-state index is 13.4. The molecule has 0 N–H and O–H groups in total. The molecule has 0 bridgehead atoms. The molecule has 1 aromatic carbocycles. The minimum Gasteiger partial charge on any atom is -0.481 e. The van der Waals surface area contributed by atoms with E-state index in [0.717, 1.165) is 6.07 Å². The number of rotatable bonds is 5. The second-order valence-electron chi connectivity index (χ2n) is 4.53. The fourth-order valence-corrected chi connectivity index (χ4v) is 1.94. The largest absolute Gasteiger partial charge is 0.481 e. The molecule has 0 aliphatic rings. The predicted octanol–water partition coefficient (Wildman–Crippen LogP) is 3.48. The third-order valence-corrected chi connectivity index (χ3v) is 3.00. The number of para-hydroxylation sites is 1. The van der Waals surface area contributed by atoms with Crippen LogP contribution in [0.5, 0.6) is 17.6 Å². The molecule has 2 aromatic rings. The van der Waals surface area contributed by atoms with Crippen molar-refractivity contribution in [2.75, 3.05) is 14.2 Å². The third-order valence-electron chi connectivity index (χ3n) is 2.82. The van der Waals surface area contributed by atoms with Crippen molar-refractivity contribution in [2.45, 2.75) is 12.3 Å². The van der Waals surface area contributed by atoms with Crippen molar-refractivity contribution < 1.29 is 32.1 Å². The maximum Gasteiger partial charge on any atom is 0.431 e. The number of ether oxygens (including phenoxy) is 4. The highest BCUT2D eigenvalue weighted by molar-refractivity contribution is 7.79. The Labute approximate surface area is 146 Å². The zero-order valence-electron chi connectivity index (χ0n) is 13.1. The highest BCUT2D eigenvalue weighted by Crippen LogP contribution is 2.36. The van der Waals surface area contributed by atoms with Crippen LogP contribution >= 0.6 is 12.2 Å². The van der Waals surface area contributed by atoms with Gasteiger partial charge in [0.2, 0.25) is 12.0 Å². The van der Waals surface area contributed by atoms with Gasteiger partial charge in [-0.1, -0.05) is 18.2 Å². The van der Waals surface area contributed by atoms with Crippen molar-refractivity contribution in [3.63, 3.8) is 0 Å². The number of alkyl halides is 3. The monoisotopic (exact) mass is 374 g/mol. The fraction of sp³-hybridized carbons (Fsp3) is 0.267. The van der Waals surface area contributed by atoms with Crippen LogP contribution in [0.2, 0.25) is 0 Å². The summed E-state index contributed by atoms with van der Waals surface area (Å²) in [6.45, 7) is 0. The summed E-state index contributed by atoms with van der Waals surface area (Å²) in [5.74, 6) is 0.126. The van der Waals surface area contributed by atoms with E-state index in [4.69, 9.17) is 31.2 Å². The first kappa shape index (κ1) is 18.7. The lowest BCUT2D eigenvalue weighted by Crippen LogP contribution is -2.28. The molecule has 0 spiro atoms. The van der Waals surface area contributed by atoms with Crippen molar-refractivity contribution >= 4 is 17.5 Å². The van der Waals surface area contributed by atoms with Crippen molar-refractivity contribution in [3.8, 4) is 17.6 Å². The normalized spacial score (nSPS) is 12.2. The van der Waals surface area contributed by atoms with E-state index in [0.29, 0.717) is 0 Å². The summed E-state index contributed by atoms with van der Waals surface area (Å²) in [7, 11) is 2.46. The van der Waals surface area contributed by atoms with E-state index in [1.165, 1.54) is 26.4 Å². The lowest BCUT2D eigenvalue weighted by molar-refractivity contribution is -0.205. The van der Waals surface area contributed by atoms with Gasteiger partial charge in [0.05, 0.1) is 14.2 Å². The molecule has 0 aliphatic carbocycles. The van der Waals surface area contributed by atoms with Gasteiger partial charge < -0.3 is 18.9 Å². The van der Waals surface area contributed by atoms with Gasteiger partial charge >= 0.3 is 17.4 Å². The van der Waals surface area contributed by atoms with Gasteiger partial charge in [0.15, 0.2) is 0 Å². The van der Waals surface area contributed by atoms with Crippen molar-refractivity contribution in [2.24, 2.45) is 0 Å². The average Bonchev–Trinajstić information content (AvgIpc) is 2.59. The van der Waals surface area contributed by atoms with Crippen molar-refractivity contribution in [1.29, 1.82) is 0 Å². The second-order valence-corrected chi connectivity index (χ2v) is 4.86. The number of benzene rings is 1. The Hall–Kier alpha value is -2.62. The number of halogens is 3. The van der Waals surface area contributed by atoms with E-state index in [1.54, 1.807) is 18.2 Å². The van der Waals surface area contributed by atoms with Crippen LogP contribution in [0, 0.1) is 0 Å². The Bertz CT molecular complexity index is 706. The van der Waals surface area contributed by atoms with E-state index in [-0.39, 0.29) is 17.6 Å². The standard InChI is InChI=1S/C15H13F3N2O4S/c1-21-11-8-10(19-13(20-11)22-2)12(15(16,17)18)24-14(25)23-9-6-4-3-5-7-9/h3-8,12H,1-2H3. The van der Waals surface area contributed by atoms with Gasteiger partial charge in [-0.15, -0.1) is 0 Å². The molecule has 0 aliphatic heterocycles. The highest BCUT2D eigenvalue weighted by atomic mass is 32.1. The molecule has 1 heterocycles. The molecule has 0 amide bonds. The Balaban J connectivity index is 2.26. The first-order chi connectivity index (χ1) is 11.8. The highest BCUT2D eigenvalue weighted by Gasteiger charge is 2.45. The van der Waals surface area contributed by atoms with Crippen LogP contribution in [0.1, 0.15) is 11.8 Å². The fourth-order valence-electron chi connectivity index (χ4n) is 1.75. The molecule has 10 heteroatoms. The molecule has 1 aromatic heterocycles. The summed E-state index contributed by atoms with van der Waals surface area (Å²) >= 11 is 4.75. The maximum atomic E-state index is 13.4. The summed E-state index contributed by atoms with van der Waals surface area (Å²) in [5, 5.41) is -0.704. The van der Waals surface area contributed by atoms with Crippen LogP contribution in [0.15, 0.2) is 36.4 Å². The van der Waals surface area contributed by atoms with Gasteiger partial charge in [-0.3, -0.25) is 0 Å². The first-order valence-electron chi connectivity index (χ1n) is 6.80. The van der Waals surface area contributed by atoms with Crippen LogP contribution in [0.4, 0.5) is 13.2 Å². The molecular weight excluding hydrogens is 361 g/mol. The summed E-state index contributed by atoms with van der Waals surface area (Å²) in [6.07, 6.45) is -7.29. The van der Waals surface area contributed by atoms with Gasteiger partial charge in [0, 0.05) is 18.3 Å². The van der Waals surface area contributed by atoms with Crippen LogP contribution in [-0.4, -0.2) is 35.6 Å². The van der Waals surface area contributed by atoms with Gasteiger partial charge in [-0.25, -0.2) is 0 Å². The molecule has 0 saturated heterocycles. The molecule has 6 nitrogen and oxygen atoms in total. The van der Waals surface area contributed by atoms with Crippen molar-refractivity contribution in [1.82, 2.24) is 9.97 Å². The van der Waals surface area contributed by atoms with Crippen LogP contribution in [0.3, 0.4) is 0 Å². The van der Waals surface area contributed by atoms with Crippen molar-refractivity contribution in [3.05, 3.63) is 42.1 Å². The SMILES string of the molecule is COc1cc(C(OC(=S)Oc2ccccc2)C(F)(F)F)nc(OC)n1. The number of hydrogen-bond acceptors (Lipinski definition) is 7. The zero-order chi connectivity index (χ0) is 18.4. The summed E-state index contributed by atoms with van der Waals surface area (Å²) < 4.78 is 59.7. The first-order valence-corrected chi connectivity index (χ1v) is 7.21. The molecule has 1 atom stereocenters. The van der Waals surface area contributed by atoms with Crippen LogP contribution < -0.4 is 14.2 Å². The lowest BCUT2D eigenvalue weighted by atomic mass is 10.2. The summed E-state index contributed by atoms with van der Waals surface area (Å²) in [6, 6.07) is 8.71. The molecule has 0 saturated carbocycles. The van der Waals surface area contributed by atoms with E-state index in [9.17, 15) is 13.2 Å². The molecule has 2 rings (SSSR count). The van der Waals surface area contributed by atoms with Crippen LogP contribution in [-0.2, 0) is 4.74 Å². The number of thiocarbonyl (C=S) groups is 1. The van der Waals surface area contributed by atoms with E-state index < -0.39 is 23.2 Å². The van der Waals surface area contributed by atoms with Gasteiger partial charge in [0.1, 0.15) is 11.4 Å². The Kier molecular flexibility index (Phi) is 5.97. The molecule has 1 unspecified atom stereocenters. The zero-order valence-corrected chi connectivity index (χ0v) is 13.9. The Morgan fingerprint density at radius 1 is 1.08 bits per heavy atom. The topological polar surface area (TPSA) is 62.7 Å². The van der Waals surface area contributed by atoms with E-state index in [2.05, 4.69) is 9.97 Å². The summed E-state index contributed by atoms with van der Waals surface area (Å²) in [4.78, 5) is 7.39. The number of nitrogens with zero attached hydrogens (tertiary/aromatic N) is 2. The average molecular weight is 374 g/mol. The lowest BCUT2D eigenvalue weighted by Gasteiger charge is -2.21. The number of methoxy groups -OCH3 is 2. The molecular formula is C15H13F3N2O4S. The molecule has 25 heavy (non-hydrogen) atoms. The second kappa shape index (κ2) is 7.97. The van der Waals surface area contributed by atoms with Gasteiger partial charge in [0.25, 0.3) is 0 Å². The van der Waals surface area contributed by atoms with Gasteiger partial charge in [-0.05, 0) is 12.1 Å². The minimum absolute atomic E-state index is 0.116. The number of aromatic nitrogens is 2. The Morgan fingerprint density at radius 2 is 1.76 bits per heavy atom. The van der Waals surface area contributed by atoms with E-state index >= 15 is 0 Å². The predicted molar refractivity (Wildman–Crippen MR) is 84.7 cm³/mol. The quantitative estimate of drug-likeness (QED) is 0.743. The van der Waals surface area contributed by atoms with Gasteiger partial charge in [-0.2, -0.15) is 23.1 Å². The summed E-state index contributed by atoms with van der Waals surface area (Å²) in [5.41, 5.74) is -0.532. The Morgan fingerprint density at radius 3 is 2.32 bits per heavy atom. The van der Waals surface area contributed by atoms with E-state index in [1.807, 2.05) is 0 Å². The molecule has 0 fully saturated rings. The number of hydrogen-bond donors (Lipinski definition) is 0. The third kappa shape index (κ3) is 5.18. The molecule has 0 radical (unpaired) electrons. The molecule has 134 valence electrons. The smallest absolute Gasteiger partial charge is 0.431 e. The minimum atomic E-state index is -4.81. The van der Waals surface area contributed by atoms with Crippen LogP contribution in [0.25, 0.3) is 0 Å².